The van der Waals surface area contributed by atoms with Gasteiger partial charge in [-0.15, -0.1) is 0 Å². The lowest BCUT2D eigenvalue weighted by Crippen LogP contribution is -2.30. The summed E-state index contributed by atoms with van der Waals surface area (Å²) in [6, 6.07) is -0.220. The molecule has 0 aliphatic heterocycles. The first kappa shape index (κ1) is 10.0. The van der Waals surface area contributed by atoms with Crippen LogP contribution in [0.1, 0.15) is 21.6 Å². The summed E-state index contributed by atoms with van der Waals surface area (Å²) in [5.41, 5.74) is 0. The molecule has 2 N–H and O–H groups in total. The fourth-order valence-electron chi connectivity index (χ4n) is 0.949. The molecular formula is C8H19BO3. The van der Waals surface area contributed by atoms with E-state index in [1.54, 1.807) is 0 Å². The van der Waals surface area contributed by atoms with Gasteiger partial charge in [0.25, 0.3) is 0 Å². The second kappa shape index (κ2) is 7.59. The first-order chi connectivity index (χ1) is 6.28. The Kier molecular flexibility index (Phi) is 6.34. The van der Waals surface area contributed by atoms with Crippen LogP contribution in [0.25, 0.3) is 0 Å². The molecular weight excluding hydrogens is 155 g/mol. The summed E-state index contributed by atoms with van der Waals surface area (Å²) >= 11 is 0. The number of aliphatic hydroxyl groups is 2. The van der Waals surface area contributed by atoms with Gasteiger partial charge in [-0.25, -0.2) is 0 Å². The summed E-state index contributed by atoms with van der Waals surface area (Å²) in [4.78, 5) is 0. The van der Waals surface area contributed by atoms with E-state index in [-0.39, 0.29) is 26.1 Å². The van der Waals surface area contributed by atoms with Gasteiger partial charge in [-0.05, 0) is 6.90 Å². The maximum absolute atomic E-state index is 8.92. The molecule has 0 aromatic carbocycles. The summed E-state index contributed by atoms with van der Waals surface area (Å²) in [6.07, 6.45) is 1.61. The van der Waals surface area contributed by atoms with Crippen LogP contribution >= 0.6 is 0 Å². The molecule has 0 radical (unpaired) electrons. The van der Waals surface area contributed by atoms with E-state index >= 15 is 0 Å². The third-order valence-corrected chi connectivity index (χ3v) is 1.67. The first-order valence-electron chi connectivity index (χ1n) is 5.15. The first-order valence-corrected chi connectivity index (χ1v) is 4.44. The molecule has 12 heavy (non-hydrogen) atoms. The van der Waals surface area contributed by atoms with Crippen LogP contribution < -0.4 is 0 Å². The summed E-state index contributed by atoms with van der Waals surface area (Å²) in [5, 5.41) is 17.7. The van der Waals surface area contributed by atoms with Gasteiger partial charge in [0.1, 0.15) is 0 Å². The SMILES string of the molecule is [2H]C[C@H](CO)O[C@@H](BCCC)CO. The van der Waals surface area contributed by atoms with Crippen LogP contribution in [0.5, 0.6) is 0 Å². The molecule has 0 amide bonds. The van der Waals surface area contributed by atoms with Crippen molar-refractivity contribution in [1.82, 2.24) is 0 Å². The Labute approximate surface area is 76.4 Å². The van der Waals surface area contributed by atoms with Crippen molar-refractivity contribution in [2.24, 2.45) is 0 Å². The van der Waals surface area contributed by atoms with E-state index in [1.165, 1.54) is 0 Å². The van der Waals surface area contributed by atoms with Crippen molar-refractivity contribution in [1.29, 1.82) is 0 Å². The number of hydrogen-bond acceptors (Lipinski definition) is 3. The number of hydrogen-bond donors (Lipinski definition) is 2. The molecule has 3 nitrogen and oxygen atoms in total. The largest absolute Gasteiger partial charge is 0.394 e. The Hall–Kier alpha value is -0.0551. The third-order valence-electron chi connectivity index (χ3n) is 1.67. The highest BCUT2D eigenvalue weighted by Crippen LogP contribution is 1.99. The van der Waals surface area contributed by atoms with E-state index in [0.29, 0.717) is 0 Å². The standard InChI is InChI=1S/C8H19BO3/c1-3-4-9-8(6-11)12-7(2)5-10/h7-11H,3-6H2,1-2H3/t7-,8-/m1/s1/i2D. The molecule has 0 unspecified atom stereocenters. The highest BCUT2D eigenvalue weighted by molar-refractivity contribution is 6.37. The zero-order valence-corrected chi connectivity index (χ0v) is 7.70. The Morgan fingerprint density at radius 1 is 1.50 bits per heavy atom. The fraction of sp³-hybridized carbons (Fsp3) is 1.00. The molecule has 0 saturated carbocycles. The highest BCUT2D eigenvalue weighted by Gasteiger charge is 2.11. The minimum absolute atomic E-state index is 0.0312. The second-order valence-electron chi connectivity index (χ2n) is 2.89. The van der Waals surface area contributed by atoms with Crippen LogP contribution in [-0.4, -0.2) is 42.8 Å². The normalized spacial score (nSPS) is 16.8. The van der Waals surface area contributed by atoms with E-state index in [0.717, 1.165) is 20.0 Å². The van der Waals surface area contributed by atoms with Crippen LogP contribution in [-0.2, 0) is 4.74 Å². The van der Waals surface area contributed by atoms with Crippen molar-refractivity contribution in [3.05, 3.63) is 0 Å². The zero-order chi connectivity index (χ0) is 10.1. The van der Waals surface area contributed by atoms with Gasteiger partial charge in [0, 0.05) is 1.37 Å². The molecule has 2 atom stereocenters. The van der Waals surface area contributed by atoms with Crippen molar-refractivity contribution < 1.29 is 16.3 Å². The lowest BCUT2D eigenvalue weighted by atomic mass is 9.67. The van der Waals surface area contributed by atoms with Gasteiger partial charge < -0.3 is 14.9 Å². The molecule has 0 aliphatic rings. The topological polar surface area (TPSA) is 49.7 Å². The number of ether oxygens (including phenoxy) is 1. The summed E-state index contributed by atoms with van der Waals surface area (Å²) in [5.74, 6) is 0. The van der Waals surface area contributed by atoms with Gasteiger partial charge in [0.15, 0.2) is 7.28 Å². The van der Waals surface area contributed by atoms with E-state index in [1.807, 2.05) is 0 Å². The zero-order valence-electron chi connectivity index (χ0n) is 8.70. The summed E-state index contributed by atoms with van der Waals surface area (Å²) in [6.45, 7) is 1.93. The van der Waals surface area contributed by atoms with Crippen molar-refractivity contribution in [3.8, 4) is 0 Å². The molecule has 0 bridgehead atoms. The average molecular weight is 175 g/mol. The highest BCUT2D eigenvalue weighted by atomic mass is 16.5. The summed E-state index contributed by atoms with van der Waals surface area (Å²) < 4.78 is 12.4. The van der Waals surface area contributed by atoms with Crippen LogP contribution in [0.15, 0.2) is 0 Å². The average Bonchev–Trinajstić information content (AvgIpc) is 2.19. The molecule has 0 saturated heterocycles. The van der Waals surface area contributed by atoms with Crippen LogP contribution in [0.4, 0.5) is 0 Å². The molecule has 0 rings (SSSR count). The van der Waals surface area contributed by atoms with Crippen LogP contribution in [0.2, 0.25) is 6.32 Å². The predicted molar refractivity (Wildman–Crippen MR) is 50.8 cm³/mol. The van der Waals surface area contributed by atoms with Crippen LogP contribution in [0.3, 0.4) is 0 Å². The number of rotatable bonds is 7. The van der Waals surface area contributed by atoms with Gasteiger partial charge in [0.05, 0.1) is 25.3 Å². The van der Waals surface area contributed by atoms with Crippen molar-refractivity contribution in [2.75, 3.05) is 13.2 Å². The maximum atomic E-state index is 8.92. The minimum Gasteiger partial charge on any atom is -0.394 e. The molecule has 0 heterocycles. The molecule has 0 aromatic rings. The molecule has 0 fully saturated rings. The molecule has 0 aliphatic carbocycles. The van der Waals surface area contributed by atoms with Gasteiger partial charge in [-0.3, -0.25) is 0 Å². The predicted octanol–water partition coefficient (Wildman–Crippen LogP) is -0.0330. The van der Waals surface area contributed by atoms with Crippen LogP contribution in [0, 0.1) is 0 Å². The van der Waals surface area contributed by atoms with E-state index in [2.05, 4.69) is 6.92 Å². The summed E-state index contributed by atoms with van der Waals surface area (Å²) in [7, 11) is 0.795. The van der Waals surface area contributed by atoms with E-state index in [9.17, 15) is 0 Å². The Morgan fingerprint density at radius 2 is 2.25 bits per heavy atom. The second-order valence-corrected chi connectivity index (χ2v) is 2.89. The monoisotopic (exact) mass is 175 g/mol. The third kappa shape index (κ3) is 5.58. The van der Waals surface area contributed by atoms with Gasteiger partial charge >= 0.3 is 0 Å². The van der Waals surface area contributed by atoms with E-state index in [4.69, 9.17) is 16.3 Å². The smallest absolute Gasteiger partial charge is 0.160 e. The maximum Gasteiger partial charge on any atom is 0.160 e. The lowest BCUT2D eigenvalue weighted by Gasteiger charge is -2.18. The minimum atomic E-state index is -0.450. The Morgan fingerprint density at radius 3 is 2.67 bits per heavy atom. The van der Waals surface area contributed by atoms with Gasteiger partial charge in [-0.2, -0.15) is 0 Å². The van der Waals surface area contributed by atoms with Crippen molar-refractivity contribution in [2.45, 2.75) is 38.7 Å². The number of aliphatic hydroxyl groups excluding tert-OH is 2. The van der Waals surface area contributed by atoms with Crippen molar-refractivity contribution >= 4 is 7.28 Å². The van der Waals surface area contributed by atoms with Gasteiger partial charge in [-0.1, -0.05) is 19.7 Å². The lowest BCUT2D eigenvalue weighted by molar-refractivity contribution is -0.0157. The molecule has 72 valence electrons. The van der Waals surface area contributed by atoms with Gasteiger partial charge in [0.2, 0.25) is 0 Å². The quantitative estimate of drug-likeness (QED) is 0.534. The Balaban J connectivity index is 3.67. The molecule has 0 spiro atoms. The Bertz CT molecular complexity index is 112. The van der Waals surface area contributed by atoms with E-state index < -0.39 is 6.10 Å². The molecule has 0 aromatic heterocycles. The van der Waals surface area contributed by atoms with Crippen molar-refractivity contribution in [3.63, 3.8) is 0 Å². The fourth-order valence-corrected chi connectivity index (χ4v) is 0.949. The molecule has 4 heteroatoms.